The Kier molecular flexibility index (Phi) is 8.08. The van der Waals surface area contributed by atoms with E-state index in [-0.39, 0.29) is 49.7 Å². The number of phenols is 1. The first kappa shape index (κ1) is 28.4. The van der Waals surface area contributed by atoms with Crippen LogP contribution < -0.4 is 5.32 Å². The van der Waals surface area contributed by atoms with E-state index < -0.39 is 12.2 Å². The van der Waals surface area contributed by atoms with Crippen molar-refractivity contribution in [1.29, 1.82) is 0 Å². The lowest BCUT2D eigenvalue weighted by Gasteiger charge is -2.46. The predicted molar refractivity (Wildman–Crippen MR) is 164 cm³/mol. The summed E-state index contributed by atoms with van der Waals surface area (Å²) in [6, 6.07) is 21.0. The van der Waals surface area contributed by atoms with E-state index >= 15 is 0 Å². The first-order valence-corrected chi connectivity index (χ1v) is 15.0. The molecule has 6 rings (SSSR count). The van der Waals surface area contributed by atoms with Crippen molar-refractivity contribution in [3.05, 3.63) is 108 Å². The van der Waals surface area contributed by atoms with Gasteiger partial charge >= 0.3 is 6.03 Å². The fraction of sp³-hybridized carbons (Fsp3) is 0.250. The van der Waals surface area contributed by atoms with Gasteiger partial charge in [-0.3, -0.25) is 14.6 Å². The van der Waals surface area contributed by atoms with E-state index in [9.17, 15) is 19.5 Å². The third-order valence-electron chi connectivity index (χ3n) is 7.87. The molecule has 43 heavy (non-hydrogen) atoms. The summed E-state index contributed by atoms with van der Waals surface area (Å²) in [5.74, 6) is -0.275. The molecule has 11 heteroatoms. The first-order valence-electron chi connectivity index (χ1n) is 14.1. The quantitative estimate of drug-likeness (QED) is 0.285. The third-order valence-corrected chi connectivity index (χ3v) is 8.66. The van der Waals surface area contributed by atoms with Crippen molar-refractivity contribution in [3.63, 3.8) is 0 Å². The van der Waals surface area contributed by atoms with E-state index in [1.54, 1.807) is 62.0 Å². The topological polar surface area (TPSA) is 109 Å². The van der Waals surface area contributed by atoms with Crippen molar-refractivity contribution in [3.8, 4) is 5.75 Å². The van der Waals surface area contributed by atoms with Gasteiger partial charge < -0.3 is 20.2 Å². The van der Waals surface area contributed by atoms with Crippen molar-refractivity contribution in [2.24, 2.45) is 0 Å². The molecule has 2 fully saturated rings. The molecule has 10 nitrogen and oxygen atoms in total. The molecule has 0 unspecified atom stereocenters. The molecular weight excluding hydrogens is 564 g/mol. The zero-order valence-corrected chi connectivity index (χ0v) is 24.3. The first-order chi connectivity index (χ1) is 20.9. The predicted octanol–water partition coefficient (Wildman–Crippen LogP) is 3.74. The van der Waals surface area contributed by atoms with E-state index in [2.05, 4.69) is 16.9 Å². The van der Waals surface area contributed by atoms with Gasteiger partial charge in [0.15, 0.2) is 0 Å². The number of thiazole rings is 1. The Bertz CT molecular complexity index is 1640. The number of carbonyl (C=O) groups is 3. The average Bonchev–Trinajstić information content (AvgIpc) is 3.63. The minimum atomic E-state index is -0.784. The van der Waals surface area contributed by atoms with Crippen LogP contribution >= 0.6 is 11.3 Å². The number of hydrazine groups is 1. The molecule has 3 aromatic carbocycles. The number of aromatic nitrogens is 1. The summed E-state index contributed by atoms with van der Waals surface area (Å²) in [6.07, 6.45) is 1.33. The Balaban J connectivity index is 1.31. The summed E-state index contributed by atoms with van der Waals surface area (Å²) in [5, 5.41) is 16.0. The lowest BCUT2D eigenvalue weighted by Crippen LogP contribution is -2.66. The molecule has 4 amide bonds. The zero-order valence-electron chi connectivity index (χ0n) is 23.5. The van der Waals surface area contributed by atoms with Crippen molar-refractivity contribution in [2.75, 3.05) is 19.6 Å². The summed E-state index contributed by atoms with van der Waals surface area (Å²) in [7, 11) is 0. The Morgan fingerprint density at radius 1 is 1.07 bits per heavy atom. The Morgan fingerprint density at radius 2 is 1.86 bits per heavy atom. The van der Waals surface area contributed by atoms with E-state index in [0.717, 1.165) is 26.9 Å². The van der Waals surface area contributed by atoms with Crippen LogP contribution in [0.25, 0.3) is 10.2 Å². The summed E-state index contributed by atoms with van der Waals surface area (Å²) in [5.41, 5.74) is 5.33. The van der Waals surface area contributed by atoms with Gasteiger partial charge in [-0.1, -0.05) is 60.7 Å². The number of fused-ring (bicyclic) bond motifs is 2. The highest BCUT2D eigenvalue weighted by atomic mass is 32.1. The number of benzene rings is 3. The van der Waals surface area contributed by atoms with E-state index in [0.29, 0.717) is 13.1 Å². The average molecular weight is 597 g/mol. The number of hydrogen-bond acceptors (Lipinski definition) is 7. The molecule has 0 saturated carbocycles. The van der Waals surface area contributed by atoms with Gasteiger partial charge in [0.1, 0.15) is 18.0 Å². The number of urea groups is 1. The number of nitrogens with zero attached hydrogens (tertiary/aromatic N) is 5. The van der Waals surface area contributed by atoms with Crippen molar-refractivity contribution in [1.82, 2.24) is 30.1 Å². The number of amides is 4. The van der Waals surface area contributed by atoms with Gasteiger partial charge in [0.25, 0.3) is 0 Å². The smallest absolute Gasteiger partial charge is 0.332 e. The lowest BCUT2D eigenvalue weighted by atomic mass is 9.99. The van der Waals surface area contributed by atoms with E-state index in [4.69, 9.17) is 0 Å². The van der Waals surface area contributed by atoms with E-state index in [1.165, 1.54) is 5.01 Å². The highest BCUT2D eigenvalue weighted by Crippen LogP contribution is 2.31. The molecule has 4 aromatic rings. The molecule has 0 bridgehead atoms. The van der Waals surface area contributed by atoms with Crippen molar-refractivity contribution >= 4 is 39.4 Å². The number of carbonyl (C=O) groups excluding carboxylic acids is 3. The molecule has 220 valence electrons. The molecule has 0 spiro atoms. The van der Waals surface area contributed by atoms with Gasteiger partial charge in [-0.25, -0.2) is 9.78 Å². The van der Waals surface area contributed by atoms with Crippen LogP contribution in [0.3, 0.4) is 0 Å². The summed E-state index contributed by atoms with van der Waals surface area (Å²) >= 11 is 1.54. The molecule has 2 aliphatic rings. The fourth-order valence-corrected chi connectivity index (χ4v) is 6.54. The second-order valence-corrected chi connectivity index (χ2v) is 11.5. The van der Waals surface area contributed by atoms with Gasteiger partial charge in [-0.15, -0.1) is 17.9 Å². The maximum Gasteiger partial charge on any atom is 0.332 e. The Labute approximate surface area is 253 Å². The minimum absolute atomic E-state index is 0.0495. The summed E-state index contributed by atoms with van der Waals surface area (Å²) in [6.45, 7) is 4.85. The van der Waals surface area contributed by atoms with Crippen LogP contribution in [0.15, 0.2) is 91.0 Å². The molecule has 2 saturated heterocycles. The van der Waals surface area contributed by atoms with E-state index in [1.807, 2.05) is 48.5 Å². The second-order valence-electron chi connectivity index (χ2n) is 10.6. The number of para-hydroxylation sites is 1. The number of nitrogens with one attached hydrogen (secondary N) is 1. The normalized spacial score (nSPS) is 18.6. The highest BCUT2D eigenvalue weighted by molar-refractivity contribution is 7.16. The SMILES string of the molecule is C=CCN(C(=O)NCc1ccccc1)N1CC(=O)N2[C@@H](Cc3ccc(O)cc3)C(=O)N(Cc3cccc4scnc34)C[C@@H]21. The van der Waals surface area contributed by atoms with Gasteiger partial charge in [-0.05, 0) is 34.9 Å². The molecule has 0 radical (unpaired) electrons. The third kappa shape index (κ3) is 5.81. The van der Waals surface area contributed by atoms with Crippen molar-refractivity contribution < 1.29 is 19.5 Å². The zero-order chi connectivity index (χ0) is 29.9. The highest BCUT2D eigenvalue weighted by Gasteiger charge is 2.52. The van der Waals surface area contributed by atoms with Crippen LogP contribution in [-0.4, -0.2) is 79.6 Å². The van der Waals surface area contributed by atoms with Crippen LogP contribution in [0.1, 0.15) is 16.7 Å². The fourth-order valence-electron chi connectivity index (χ4n) is 5.82. The van der Waals surface area contributed by atoms with Gasteiger partial charge in [0, 0.05) is 19.5 Å². The lowest BCUT2D eigenvalue weighted by molar-refractivity contribution is -0.157. The van der Waals surface area contributed by atoms with Crippen LogP contribution in [0.5, 0.6) is 5.75 Å². The molecule has 0 aliphatic carbocycles. The van der Waals surface area contributed by atoms with Crippen LogP contribution in [0.2, 0.25) is 0 Å². The summed E-state index contributed by atoms with van der Waals surface area (Å²) in [4.78, 5) is 49.1. The van der Waals surface area contributed by atoms with Crippen LogP contribution in [0.4, 0.5) is 4.79 Å². The number of phenolic OH excluding ortho intramolecular Hbond substituents is 1. The van der Waals surface area contributed by atoms with Crippen LogP contribution in [-0.2, 0) is 29.1 Å². The molecule has 1 aromatic heterocycles. The maximum absolute atomic E-state index is 14.1. The van der Waals surface area contributed by atoms with Gasteiger partial charge in [0.05, 0.1) is 35.4 Å². The molecule has 2 aliphatic heterocycles. The Hall–Kier alpha value is -4.74. The number of hydrogen-bond donors (Lipinski definition) is 2. The standard InChI is InChI=1S/C32H32N6O4S/c1-2-15-36(32(42)33-17-23-7-4-3-5-8-23)37-20-29(40)38-26(16-22-11-13-25(39)14-12-22)31(41)35(19-28(37)38)18-24-9-6-10-27-30(24)34-21-43-27/h2-14,21,26,28,39H,1,15-20H2,(H,33,42)/t26-,28+/m0/s1. The number of aromatic hydroxyl groups is 1. The molecule has 2 atom stereocenters. The summed E-state index contributed by atoms with van der Waals surface area (Å²) < 4.78 is 1.04. The van der Waals surface area contributed by atoms with Gasteiger partial charge in [0.2, 0.25) is 11.8 Å². The number of rotatable bonds is 9. The molecule has 3 heterocycles. The minimum Gasteiger partial charge on any atom is -0.508 e. The monoisotopic (exact) mass is 596 g/mol. The molecule has 2 N–H and O–H groups in total. The largest absolute Gasteiger partial charge is 0.508 e. The van der Waals surface area contributed by atoms with Gasteiger partial charge in [-0.2, -0.15) is 5.01 Å². The van der Waals surface area contributed by atoms with Crippen LogP contribution in [0, 0.1) is 0 Å². The second kappa shape index (κ2) is 12.2. The van der Waals surface area contributed by atoms with Crippen molar-refractivity contribution in [2.45, 2.75) is 31.7 Å². The Morgan fingerprint density at radius 3 is 2.63 bits per heavy atom. The maximum atomic E-state index is 14.1. The number of piperazine rings is 1. The molecular formula is C32H32N6O4S.